The number of hydrogen-bond acceptors (Lipinski definition) is 5. The third-order valence-electron chi connectivity index (χ3n) is 5.30. The number of carbonyl (C=O) groups excluding carboxylic acids is 1. The van der Waals surface area contributed by atoms with Crippen LogP contribution in [0.1, 0.15) is 54.7 Å². The molecule has 0 spiro atoms. The molecule has 1 atom stereocenters. The van der Waals surface area contributed by atoms with Gasteiger partial charge in [-0.05, 0) is 55.7 Å². The molecule has 3 aromatic rings. The Morgan fingerprint density at radius 3 is 2.82 bits per heavy atom. The van der Waals surface area contributed by atoms with E-state index in [0.29, 0.717) is 5.92 Å². The summed E-state index contributed by atoms with van der Waals surface area (Å²) in [5.74, 6) is 0.368. The maximum absolute atomic E-state index is 13.0. The fraction of sp³-hybridized carbons (Fsp3) is 0.409. The first kappa shape index (κ1) is 19.4. The van der Waals surface area contributed by atoms with E-state index >= 15 is 0 Å². The molecule has 0 fully saturated rings. The highest BCUT2D eigenvalue weighted by atomic mass is 32.2. The van der Waals surface area contributed by atoms with Crippen molar-refractivity contribution in [3.05, 3.63) is 46.1 Å². The van der Waals surface area contributed by atoms with Gasteiger partial charge in [-0.15, -0.1) is 11.3 Å². The zero-order valence-electron chi connectivity index (χ0n) is 16.7. The van der Waals surface area contributed by atoms with Gasteiger partial charge in [-0.3, -0.25) is 4.79 Å². The normalized spacial score (nSPS) is 14.5. The largest absolute Gasteiger partial charge is 0.325 e. The molecule has 0 radical (unpaired) electrons. The Kier molecular flexibility index (Phi) is 5.43. The lowest BCUT2D eigenvalue weighted by Gasteiger charge is -2.18. The van der Waals surface area contributed by atoms with E-state index in [4.69, 9.17) is 0 Å². The zero-order valence-corrected chi connectivity index (χ0v) is 18.3. The molecule has 0 saturated heterocycles. The van der Waals surface area contributed by atoms with Gasteiger partial charge < -0.3 is 5.32 Å². The number of rotatable bonds is 5. The van der Waals surface area contributed by atoms with Gasteiger partial charge in [-0.1, -0.05) is 43.8 Å². The maximum Gasteiger partial charge on any atom is 0.237 e. The van der Waals surface area contributed by atoms with Gasteiger partial charge in [-0.2, -0.15) is 0 Å². The second kappa shape index (κ2) is 7.84. The molecule has 0 aliphatic heterocycles. The number of nitrogens with zero attached hydrogens (tertiary/aromatic N) is 2. The van der Waals surface area contributed by atoms with Crippen LogP contribution >= 0.6 is 23.1 Å². The highest BCUT2D eigenvalue weighted by molar-refractivity contribution is 8.00. The second-order valence-corrected chi connectivity index (χ2v) is 10.1. The molecule has 6 heteroatoms. The first-order valence-corrected chi connectivity index (χ1v) is 11.5. The molecule has 1 amide bonds. The topological polar surface area (TPSA) is 54.9 Å². The number of aryl methyl sites for hydroxylation is 3. The van der Waals surface area contributed by atoms with E-state index < -0.39 is 0 Å². The molecule has 2 aromatic heterocycles. The van der Waals surface area contributed by atoms with Crippen molar-refractivity contribution in [2.45, 2.75) is 63.2 Å². The molecular weight excluding hydrogens is 386 g/mol. The summed E-state index contributed by atoms with van der Waals surface area (Å²) in [7, 11) is 0. The van der Waals surface area contributed by atoms with E-state index in [9.17, 15) is 4.79 Å². The Hall–Kier alpha value is -1.92. The van der Waals surface area contributed by atoms with E-state index in [1.54, 1.807) is 17.7 Å². The number of benzene rings is 1. The van der Waals surface area contributed by atoms with Crippen LogP contribution in [0.5, 0.6) is 0 Å². The maximum atomic E-state index is 13.0. The lowest BCUT2D eigenvalue weighted by Crippen LogP contribution is -2.24. The van der Waals surface area contributed by atoms with E-state index in [0.717, 1.165) is 33.9 Å². The lowest BCUT2D eigenvalue weighted by atomic mass is 9.98. The van der Waals surface area contributed by atoms with Crippen LogP contribution in [0.3, 0.4) is 0 Å². The Morgan fingerprint density at radius 1 is 1.21 bits per heavy atom. The summed E-state index contributed by atoms with van der Waals surface area (Å²) in [6.45, 7) is 8.30. The number of carbonyl (C=O) groups is 1. The molecule has 28 heavy (non-hydrogen) atoms. The summed E-state index contributed by atoms with van der Waals surface area (Å²) in [6.07, 6.45) is 5.07. The minimum absolute atomic E-state index is 0.0137. The van der Waals surface area contributed by atoms with Crippen LogP contribution in [-0.2, 0) is 17.6 Å². The molecule has 0 saturated carbocycles. The third-order valence-corrected chi connectivity index (χ3v) is 7.60. The Morgan fingerprint density at radius 2 is 2.04 bits per heavy atom. The third kappa shape index (κ3) is 3.55. The van der Waals surface area contributed by atoms with Crippen LogP contribution < -0.4 is 5.32 Å². The summed E-state index contributed by atoms with van der Waals surface area (Å²) in [6, 6.07) is 6.18. The standard InChI is InChI=1S/C22H25N3OS2/c1-12(2)15-8-5-7-13(3)19(15)25-20(26)14(4)27-21-18-16-9-6-10-17(16)28-22(18)24-11-23-21/h5,7-8,11-12,14H,6,9-10H2,1-4H3,(H,25,26). The minimum Gasteiger partial charge on any atom is -0.325 e. The van der Waals surface area contributed by atoms with E-state index in [-0.39, 0.29) is 11.2 Å². The van der Waals surface area contributed by atoms with E-state index in [1.165, 1.54) is 39.6 Å². The minimum atomic E-state index is -0.241. The summed E-state index contributed by atoms with van der Waals surface area (Å²) in [4.78, 5) is 24.5. The van der Waals surface area contributed by atoms with Gasteiger partial charge in [0.25, 0.3) is 0 Å². The van der Waals surface area contributed by atoms with Crippen molar-refractivity contribution in [1.82, 2.24) is 9.97 Å². The SMILES string of the molecule is Cc1cccc(C(C)C)c1NC(=O)C(C)Sc1ncnc2sc3c(c12)CCC3. The van der Waals surface area contributed by atoms with Crippen LogP contribution in [-0.4, -0.2) is 21.1 Å². The average Bonchev–Trinajstić information content (AvgIpc) is 3.24. The van der Waals surface area contributed by atoms with Crippen LogP contribution in [0.15, 0.2) is 29.6 Å². The van der Waals surface area contributed by atoms with Gasteiger partial charge in [0.1, 0.15) is 16.2 Å². The molecule has 1 unspecified atom stereocenters. The van der Waals surface area contributed by atoms with Crippen molar-refractivity contribution in [2.24, 2.45) is 0 Å². The fourth-order valence-electron chi connectivity index (χ4n) is 3.78. The van der Waals surface area contributed by atoms with Crippen molar-refractivity contribution in [2.75, 3.05) is 5.32 Å². The molecule has 1 aliphatic carbocycles. The van der Waals surface area contributed by atoms with Crippen molar-refractivity contribution >= 4 is 44.9 Å². The lowest BCUT2D eigenvalue weighted by molar-refractivity contribution is -0.115. The monoisotopic (exact) mass is 411 g/mol. The first-order chi connectivity index (χ1) is 13.5. The van der Waals surface area contributed by atoms with Crippen molar-refractivity contribution in [3.63, 3.8) is 0 Å². The van der Waals surface area contributed by atoms with E-state index in [2.05, 4.69) is 35.2 Å². The predicted molar refractivity (Wildman–Crippen MR) is 119 cm³/mol. The number of nitrogens with one attached hydrogen (secondary N) is 1. The van der Waals surface area contributed by atoms with Gasteiger partial charge in [0, 0.05) is 16.0 Å². The van der Waals surface area contributed by atoms with E-state index in [1.807, 2.05) is 26.0 Å². The van der Waals surface area contributed by atoms with Gasteiger partial charge in [0.2, 0.25) is 5.91 Å². The van der Waals surface area contributed by atoms with Crippen LogP contribution in [0.2, 0.25) is 0 Å². The highest BCUT2D eigenvalue weighted by Crippen LogP contribution is 2.41. The number of amides is 1. The molecule has 4 nitrogen and oxygen atoms in total. The zero-order chi connectivity index (χ0) is 19.8. The molecule has 0 bridgehead atoms. The van der Waals surface area contributed by atoms with Crippen molar-refractivity contribution in [1.29, 1.82) is 0 Å². The molecule has 1 aromatic carbocycles. The fourth-order valence-corrected chi connectivity index (χ4v) is 6.02. The molecule has 1 aliphatic rings. The number of fused-ring (bicyclic) bond motifs is 3. The van der Waals surface area contributed by atoms with Crippen LogP contribution in [0, 0.1) is 6.92 Å². The summed E-state index contributed by atoms with van der Waals surface area (Å²) >= 11 is 3.32. The van der Waals surface area contributed by atoms with Gasteiger partial charge in [0.15, 0.2) is 0 Å². The van der Waals surface area contributed by atoms with Crippen molar-refractivity contribution < 1.29 is 4.79 Å². The number of hydrogen-bond donors (Lipinski definition) is 1. The Labute approximate surface area is 174 Å². The van der Waals surface area contributed by atoms with Gasteiger partial charge in [-0.25, -0.2) is 9.97 Å². The Bertz CT molecular complexity index is 1040. The molecule has 146 valence electrons. The number of thiophene rings is 1. The predicted octanol–water partition coefficient (Wildman–Crippen LogP) is 5.73. The highest BCUT2D eigenvalue weighted by Gasteiger charge is 2.24. The quantitative estimate of drug-likeness (QED) is 0.430. The number of thioether (sulfide) groups is 1. The molecule has 2 heterocycles. The Balaban J connectivity index is 1.58. The molecular formula is C22H25N3OS2. The summed E-state index contributed by atoms with van der Waals surface area (Å²) < 4.78 is 0. The summed E-state index contributed by atoms with van der Waals surface area (Å²) in [5.41, 5.74) is 4.61. The number of para-hydroxylation sites is 1. The van der Waals surface area contributed by atoms with Gasteiger partial charge in [0.05, 0.1) is 5.25 Å². The first-order valence-electron chi connectivity index (χ1n) is 9.78. The van der Waals surface area contributed by atoms with Crippen LogP contribution in [0.4, 0.5) is 5.69 Å². The number of aromatic nitrogens is 2. The molecule has 4 rings (SSSR count). The second-order valence-electron chi connectivity index (χ2n) is 7.66. The average molecular weight is 412 g/mol. The summed E-state index contributed by atoms with van der Waals surface area (Å²) in [5, 5.41) is 5.03. The van der Waals surface area contributed by atoms with Crippen molar-refractivity contribution in [3.8, 4) is 0 Å². The number of anilines is 1. The van der Waals surface area contributed by atoms with Crippen LogP contribution in [0.25, 0.3) is 10.2 Å². The molecule has 1 N–H and O–H groups in total. The van der Waals surface area contributed by atoms with Gasteiger partial charge >= 0.3 is 0 Å². The smallest absolute Gasteiger partial charge is 0.237 e.